The van der Waals surface area contributed by atoms with Gasteiger partial charge >= 0.3 is 0 Å². The lowest BCUT2D eigenvalue weighted by atomic mass is 10.0. The Morgan fingerprint density at radius 1 is 1.21 bits per heavy atom. The summed E-state index contributed by atoms with van der Waals surface area (Å²) in [5, 5.41) is 8.38. The molecule has 2 aliphatic heterocycles. The van der Waals surface area contributed by atoms with Crippen LogP contribution in [0.5, 0.6) is 0 Å². The molecule has 2 rings (SSSR count). The van der Waals surface area contributed by atoms with E-state index in [-0.39, 0.29) is 19.1 Å². The van der Waals surface area contributed by atoms with Gasteiger partial charge in [-0.25, -0.2) is 4.90 Å². The first-order valence-corrected chi connectivity index (χ1v) is 4.54. The van der Waals surface area contributed by atoms with Gasteiger partial charge in [-0.05, 0) is 0 Å². The molecule has 82 valence electrons. The summed E-state index contributed by atoms with van der Waals surface area (Å²) in [6, 6.07) is 0. The quantitative estimate of drug-likeness (QED) is 0.456. The fraction of sp³-hybridized carbons (Fsp3) is 1.00. The summed E-state index contributed by atoms with van der Waals surface area (Å²) in [5.41, 5.74) is -0.140. The van der Waals surface area contributed by atoms with E-state index in [1.54, 1.807) is 0 Å². The Labute approximate surface area is 82.3 Å². The number of aliphatic hydroxyl groups is 1. The molecule has 0 aromatic heterocycles. The standard InChI is InChI=1S/C8H15NO5/c10-6-14-7-13-3-8-1-11-4-9(8)5-12-2-8/h10H,1-7H2. The van der Waals surface area contributed by atoms with Crippen LogP contribution in [-0.4, -0.2) is 62.4 Å². The lowest BCUT2D eigenvalue weighted by molar-refractivity contribution is -0.122. The number of hydrogen-bond acceptors (Lipinski definition) is 6. The summed E-state index contributed by atoms with van der Waals surface area (Å²) in [6.45, 7) is 2.76. The second-order valence-electron chi connectivity index (χ2n) is 3.52. The monoisotopic (exact) mass is 205 g/mol. The van der Waals surface area contributed by atoms with Crippen molar-refractivity contribution in [1.82, 2.24) is 4.90 Å². The molecule has 2 fully saturated rings. The Morgan fingerprint density at radius 2 is 1.93 bits per heavy atom. The van der Waals surface area contributed by atoms with Gasteiger partial charge in [-0.15, -0.1) is 0 Å². The second-order valence-corrected chi connectivity index (χ2v) is 3.52. The lowest BCUT2D eigenvalue weighted by Crippen LogP contribution is -2.47. The van der Waals surface area contributed by atoms with Crippen molar-refractivity contribution < 1.29 is 24.1 Å². The maximum absolute atomic E-state index is 8.38. The number of rotatable bonds is 5. The Morgan fingerprint density at radius 3 is 2.57 bits per heavy atom. The number of fused-ring (bicyclic) bond motifs is 1. The van der Waals surface area contributed by atoms with Crippen molar-refractivity contribution in [3.63, 3.8) is 0 Å². The van der Waals surface area contributed by atoms with Crippen LogP contribution in [0.15, 0.2) is 0 Å². The van der Waals surface area contributed by atoms with Crippen LogP contribution in [-0.2, 0) is 18.9 Å². The van der Waals surface area contributed by atoms with Gasteiger partial charge in [0.2, 0.25) is 0 Å². The minimum Gasteiger partial charge on any atom is -0.371 e. The van der Waals surface area contributed by atoms with Gasteiger partial charge in [-0.3, -0.25) is 0 Å². The average Bonchev–Trinajstić information content (AvgIpc) is 2.71. The molecule has 0 aromatic rings. The molecule has 0 saturated carbocycles. The van der Waals surface area contributed by atoms with E-state index in [0.717, 1.165) is 0 Å². The van der Waals surface area contributed by atoms with Gasteiger partial charge < -0.3 is 24.1 Å². The fourth-order valence-corrected chi connectivity index (χ4v) is 1.73. The highest BCUT2D eigenvalue weighted by Gasteiger charge is 2.46. The van der Waals surface area contributed by atoms with Gasteiger partial charge in [-0.1, -0.05) is 0 Å². The van der Waals surface area contributed by atoms with Crippen molar-refractivity contribution >= 4 is 0 Å². The predicted molar refractivity (Wildman–Crippen MR) is 45.2 cm³/mol. The Hall–Kier alpha value is -0.240. The van der Waals surface area contributed by atoms with E-state index in [0.29, 0.717) is 33.3 Å². The van der Waals surface area contributed by atoms with Gasteiger partial charge in [-0.2, -0.15) is 0 Å². The van der Waals surface area contributed by atoms with E-state index < -0.39 is 0 Å². The van der Waals surface area contributed by atoms with E-state index >= 15 is 0 Å². The lowest BCUT2D eigenvalue weighted by Gasteiger charge is -2.26. The molecule has 1 N–H and O–H groups in total. The summed E-state index contributed by atoms with van der Waals surface area (Å²) >= 11 is 0. The van der Waals surface area contributed by atoms with Crippen LogP contribution in [0.1, 0.15) is 0 Å². The van der Waals surface area contributed by atoms with Crippen LogP contribution in [0, 0.1) is 0 Å². The maximum atomic E-state index is 8.38. The van der Waals surface area contributed by atoms with Crippen molar-refractivity contribution in [2.75, 3.05) is 46.9 Å². The summed E-state index contributed by atoms with van der Waals surface area (Å²) in [6.07, 6.45) is 0. The SMILES string of the molecule is OCOCOCC12COCN1COC2. The van der Waals surface area contributed by atoms with Crippen molar-refractivity contribution in [3.8, 4) is 0 Å². The largest absolute Gasteiger partial charge is 0.371 e. The van der Waals surface area contributed by atoms with Crippen molar-refractivity contribution in [2.24, 2.45) is 0 Å². The van der Waals surface area contributed by atoms with E-state index in [1.807, 2.05) is 0 Å². The molecule has 6 nitrogen and oxygen atoms in total. The van der Waals surface area contributed by atoms with Crippen LogP contribution in [0.3, 0.4) is 0 Å². The second kappa shape index (κ2) is 4.52. The molecule has 0 amide bonds. The first kappa shape index (κ1) is 10.3. The number of aliphatic hydroxyl groups excluding tert-OH is 1. The zero-order valence-electron chi connectivity index (χ0n) is 7.98. The van der Waals surface area contributed by atoms with Crippen LogP contribution in [0.25, 0.3) is 0 Å². The highest BCUT2D eigenvalue weighted by Crippen LogP contribution is 2.28. The smallest absolute Gasteiger partial charge is 0.149 e. The van der Waals surface area contributed by atoms with E-state index in [4.69, 9.17) is 19.3 Å². The normalized spacial score (nSPS) is 25.5. The summed E-state index contributed by atoms with van der Waals surface area (Å²) < 4.78 is 20.6. The average molecular weight is 205 g/mol. The third kappa shape index (κ3) is 1.90. The van der Waals surface area contributed by atoms with E-state index in [1.165, 1.54) is 0 Å². The van der Waals surface area contributed by atoms with Crippen molar-refractivity contribution in [3.05, 3.63) is 0 Å². The molecule has 14 heavy (non-hydrogen) atoms. The highest BCUT2D eigenvalue weighted by atomic mass is 16.7. The van der Waals surface area contributed by atoms with Crippen molar-refractivity contribution in [1.29, 1.82) is 0 Å². The molecule has 6 heteroatoms. The Kier molecular flexibility index (Phi) is 3.32. The van der Waals surface area contributed by atoms with Gasteiger partial charge in [0.25, 0.3) is 0 Å². The first-order chi connectivity index (χ1) is 6.87. The Balaban J connectivity index is 1.77. The molecule has 2 saturated heterocycles. The molecule has 0 spiro atoms. The molecule has 0 atom stereocenters. The van der Waals surface area contributed by atoms with Crippen molar-refractivity contribution in [2.45, 2.75) is 5.54 Å². The Bertz CT molecular complexity index is 179. The first-order valence-electron chi connectivity index (χ1n) is 4.54. The van der Waals surface area contributed by atoms with Gasteiger partial charge in [0.1, 0.15) is 27.0 Å². The summed E-state index contributed by atoms with van der Waals surface area (Å²) in [7, 11) is 0. The van der Waals surface area contributed by atoms with Crippen LogP contribution >= 0.6 is 0 Å². The molecule has 0 aliphatic carbocycles. The minimum atomic E-state index is -0.316. The van der Waals surface area contributed by atoms with Crippen LogP contribution in [0.4, 0.5) is 0 Å². The molecule has 0 unspecified atom stereocenters. The summed E-state index contributed by atoms with van der Waals surface area (Å²) in [5.74, 6) is 0. The number of ether oxygens (including phenoxy) is 4. The van der Waals surface area contributed by atoms with Crippen LogP contribution in [0.2, 0.25) is 0 Å². The highest BCUT2D eigenvalue weighted by molar-refractivity contribution is 4.95. The van der Waals surface area contributed by atoms with Gasteiger partial charge in [0.15, 0.2) is 0 Å². The van der Waals surface area contributed by atoms with Crippen LogP contribution < -0.4 is 0 Å². The molecule has 0 radical (unpaired) electrons. The van der Waals surface area contributed by atoms with E-state index in [9.17, 15) is 0 Å². The molecular weight excluding hydrogens is 190 g/mol. The minimum absolute atomic E-state index is 0.103. The molecular formula is C8H15NO5. The number of nitrogens with zero attached hydrogens (tertiary/aromatic N) is 1. The zero-order chi connectivity index (χ0) is 9.86. The zero-order valence-corrected chi connectivity index (χ0v) is 7.98. The van der Waals surface area contributed by atoms with Gasteiger partial charge in [0, 0.05) is 0 Å². The summed E-state index contributed by atoms with van der Waals surface area (Å²) in [4.78, 5) is 2.10. The topological polar surface area (TPSA) is 60.4 Å². The molecule has 2 heterocycles. The maximum Gasteiger partial charge on any atom is 0.149 e. The molecule has 2 aliphatic rings. The fourth-order valence-electron chi connectivity index (χ4n) is 1.73. The number of hydrogen-bond donors (Lipinski definition) is 1. The predicted octanol–water partition coefficient (Wildman–Crippen LogP) is -1.06. The van der Waals surface area contributed by atoms with Gasteiger partial charge in [0.05, 0.1) is 25.4 Å². The van der Waals surface area contributed by atoms with E-state index in [2.05, 4.69) is 9.64 Å². The molecule has 0 bridgehead atoms. The molecule has 0 aromatic carbocycles. The third-order valence-electron chi connectivity index (χ3n) is 2.54. The third-order valence-corrected chi connectivity index (χ3v) is 2.54.